The van der Waals surface area contributed by atoms with Crippen LogP contribution in [0.5, 0.6) is 0 Å². The zero-order chi connectivity index (χ0) is 16.3. The third kappa shape index (κ3) is 4.95. The molecule has 0 radical (unpaired) electrons. The Morgan fingerprint density at radius 2 is 2.00 bits per heavy atom. The summed E-state index contributed by atoms with van der Waals surface area (Å²) in [7, 11) is -0.983. The number of halogens is 1. The van der Waals surface area contributed by atoms with E-state index in [1.54, 1.807) is 0 Å². The summed E-state index contributed by atoms with van der Waals surface area (Å²) in [6, 6.07) is 8.23. The highest BCUT2D eigenvalue weighted by Crippen LogP contribution is 2.26. The highest BCUT2D eigenvalue weighted by molar-refractivity contribution is 9.10. The van der Waals surface area contributed by atoms with E-state index in [9.17, 15) is 9.59 Å². The lowest BCUT2D eigenvalue weighted by Gasteiger charge is -2.32. The minimum absolute atomic E-state index is 0.0760. The highest BCUT2D eigenvalue weighted by atomic mass is 79.9. The molecule has 120 valence electrons. The fourth-order valence-electron chi connectivity index (χ4n) is 2.53. The molecule has 2 amide bonds. The van der Waals surface area contributed by atoms with Crippen LogP contribution >= 0.6 is 15.9 Å². The Morgan fingerprint density at radius 1 is 1.36 bits per heavy atom. The average molecular weight is 384 g/mol. The number of benzene rings is 1. The molecule has 1 atom stereocenters. The molecule has 1 saturated heterocycles. The maximum atomic E-state index is 12.2. The number of rotatable bonds is 2. The van der Waals surface area contributed by atoms with Crippen molar-refractivity contribution in [2.75, 3.05) is 0 Å². The lowest BCUT2D eigenvalue weighted by atomic mass is 10.1. The first-order chi connectivity index (χ1) is 10.2. The first-order valence-electron chi connectivity index (χ1n) is 7.52. The summed E-state index contributed by atoms with van der Waals surface area (Å²) in [5.74, 6) is -0.0760. The van der Waals surface area contributed by atoms with Gasteiger partial charge in [-0.2, -0.15) is 0 Å². The van der Waals surface area contributed by atoms with Gasteiger partial charge < -0.3 is 4.74 Å². The largest absolute Gasteiger partial charge is 0.444 e. The summed E-state index contributed by atoms with van der Waals surface area (Å²) in [6.45, 7) is 5.46. The van der Waals surface area contributed by atoms with Gasteiger partial charge in [0.05, 0.1) is 0 Å². The van der Waals surface area contributed by atoms with Crippen LogP contribution in [0.25, 0.3) is 0 Å². The van der Waals surface area contributed by atoms with Crippen molar-refractivity contribution in [1.82, 2.24) is 4.57 Å². The van der Waals surface area contributed by atoms with Gasteiger partial charge >= 0.3 is 6.09 Å². The van der Waals surface area contributed by atoms with Crippen molar-refractivity contribution in [3.05, 3.63) is 34.3 Å². The van der Waals surface area contributed by atoms with Crippen LogP contribution in [0.15, 0.2) is 28.7 Å². The van der Waals surface area contributed by atoms with E-state index < -0.39 is 21.4 Å². The highest BCUT2D eigenvalue weighted by Gasteiger charge is 2.33. The second-order valence-corrected chi connectivity index (χ2v) is 9.79. The first-order valence-corrected chi connectivity index (χ1v) is 9.76. The number of ether oxygens (including phenoxy) is 1. The minimum atomic E-state index is -0.983. The summed E-state index contributed by atoms with van der Waals surface area (Å²) in [5, 5.41) is 0. The smallest absolute Gasteiger partial charge is 0.408 e. The standard InChI is InChI=1S/C16H22BrNO3Si/c1-16(2,3)21-15(20)18-14(19)9-8-13(22-18)10-11-4-6-12(17)7-5-11/h4-7,13H,8-10,22H2,1-3H3/t13-/m0/s1. The van der Waals surface area contributed by atoms with E-state index in [0.717, 1.165) is 17.3 Å². The Balaban J connectivity index is 1.99. The van der Waals surface area contributed by atoms with Crippen LogP contribution in [0.1, 0.15) is 39.2 Å². The Hall–Kier alpha value is -1.14. The number of carbonyl (C=O) groups excluding carboxylic acids is 2. The fraction of sp³-hybridized carbons (Fsp3) is 0.500. The summed E-state index contributed by atoms with van der Waals surface area (Å²) < 4.78 is 7.82. The van der Waals surface area contributed by atoms with Crippen molar-refractivity contribution in [2.45, 2.75) is 51.2 Å². The van der Waals surface area contributed by atoms with Gasteiger partial charge in [-0.05, 0) is 56.9 Å². The van der Waals surface area contributed by atoms with Crippen LogP contribution in [-0.4, -0.2) is 31.8 Å². The third-order valence-electron chi connectivity index (χ3n) is 3.56. The molecule has 0 aliphatic carbocycles. The average Bonchev–Trinajstić information content (AvgIpc) is 2.41. The normalized spacial score (nSPS) is 20.3. The van der Waals surface area contributed by atoms with E-state index in [0.29, 0.717) is 12.0 Å². The molecule has 2 rings (SSSR count). The van der Waals surface area contributed by atoms with Crippen molar-refractivity contribution < 1.29 is 14.3 Å². The maximum absolute atomic E-state index is 12.2. The Morgan fingerprint density at radius 3 is 2.59 bits per heavy atom. The number of carbonyl (C=O) groups is 2. The van der Waals surface area contributed by atoms with E-state index >= 15 is 0 Å². The molecular weight excluding hydrogens is 362 g/mol. The van der Waals surface area contributed by atoms with E-state index in [2.05, 4.69) is 28.1 Å². The van der Waals surface area contributed by atoms with E-state index in [1.165, 1.54) is 10.1 Å². The molecule has 1 aromatic rings. The van der Waals surface area contributed by atoms with Gasteiger partial charge in [0.1, 0.15) is 15.3 Å². The van der Waals surface area contributed by atoms with Crippen molar-refractivity contribution in [1.29, 1.82) is 0 Å². The quantitative estimate of drug-likeness (QED) is 0.734. The Labute approximate surface area is 142 Å². The first kappa shape index (κ1) is 17.2. The predicted molar refractivity (Wildman–Crippen MR) is 92.5 cm³/mol. The SMILES string of the molecule is CC(C)(C)OC(=O)N1[SiH2][C@H](Cc2ccc(Br)cc2)CCC1=O. The van der Waals surface area contributed by atoms with Gasteiger partial charge in [0.15, 0.2) is 0 Å². The number of hydrogen-bond acceptors (Lipinski definition) is 3. The van der Waals surface area contributed by atoms with E-state index in [1.807, 2.05) is 32.9 Å². The summed E-state index contributed by atoms with van der Waals surface area (Å²) in [4.78, 5) is 24.2. The molecule has 1 aromatic carbocycles. The molecule has 1 fully saturated rings. The molecule has 0 aromatic heterocycles. The Bertz CT molecular complexity index is 554. The van der Waals surface area contributed by atoms with Crippen molar-refractivity contribution in [3.8, 4) is 0 Å². The van der Waals surface area contributed by atoms with Crippen molar-refractivity contribution in [2.24, 2.45) is 0 Å². The lowest BCUT2D eigenvalue weighted by molar-refractivity contribution is -0.127. The Kier molecular flexibility index (Phi) is 5.44. The molecule has 1 aliphatic rings. The predicted octanol–water partition coefficient (Wildman–Crippen LogP) is 3.42. The maximum Gasteiger partial charge on any atom is 0.408 e. The number of hydrogen-bond donors (Lipinski definition) is 0. The molecule has 0 saturated carbocycles. The fourth-order valence-corrected chi connectivity index (χ4v) is 4.73. The number of imide groups is 1. The molecular formula is C16H22BrNO3Si. The molecule has 22 heavy (non-hydrogen) atoms. The number of amides is 2. The van der Waals surface area contributed by atoms with Gasteiger partial charge in [-0.1, -0.05) is 28.1 Å². The summed E-state index contributed by atoms with van der Waals surface area (Å²) >= 11 is 3.43. The molecule has 0 bridgehead atoms. The van der Waals surface area contributed by atoms with Crippen LogP contribution in [0, 0.1) is 0 Å². The van der Waals surface area contributed by atoms with Crippen molar-refractivity contribution >= 4 is 37.6 Å². The minimum Gasteiger partial charge on any atom is -0.444 e. The van der Waals surface area contributed by atoms with Gasteiger partial charge in [-0.15, -0.1) is 0 Å². The zero-order valence-corrected chi connectivity index (χ0v) is 16.3. The third-order valence-corrected chi connectivity index (χ3v) is 6.28. The zero-order valence-electron chi connectivity index (χ0n) is 13.3. The van der Waals surface area contributed by atoms with E-state index in [4.69, 9.17) is 4.74 Å². The lowest BCUT2D eigenvalue weighted by Crippen LogP contribution is -2.47. The van der Waals surface area contributed by atoms with Gasteiger partial charge in [0.2, 0.25) is 5.91 Å². The second kappa shape index (κ2) is 6.96. The van der Waals surface area contributed by atoms with Crippen molar-refractivity contribution in [3.63, 3.8) is 0 Å². The van der Waals surface area contributed by atoms with Gasteiger partial charge in [0, 0.05) is 10.9 Å². The molecule has 4 nitrogen and oxygen atoms in total. The summed E-state index contributed by atoms with van der Waals surface area (Å²) in [5.41, 5.74) is 1.11. The second-order valence-electron chi connectivity index (χ2n) is 6.72. The topological polar surface area (TPSA) is 46.6 Å². The van der Waals surface area contributed by atoms with Gasteiger partial charge in [0.25, 0.3) is 0 Å². The van der Waals surface area contributed by atoms with Crippen LogP contribution < -0.4 is 0 Å². The van der Waals surface area contributed by atoms with Crippen LogP contribution in [0.4, 0.5) is 4.79 Å². The molecule has 1 aliphatic heterocycles. The summed E-state index contributed by atoms with van der Waals surface area (Å²) in [6.07, 6.45) is 1.77. The monoisotopic (exact) mass is 383 g/mol. The molecule has 0 spiro atoms. The molecule has 6 heteroatoms. The number of nitrogens with zero attached hydrogens (tertiary/aromatic N) is 1. The molecule has 1 heterocycles. The van der Waals surface area contributed by atoms with Gasteiger partial charge in [-0.3, -0.25) is 9.36 Å². The van der Waals surface area contributed by atoms with E-state index in [-0.39, 0.29) is 5.91 Å². The van der Waals surface area contributed by atoms with Gasteiger partial charge in [-0.25, -0.2) is 4.79 Å². The molecule has 0 N–H and O–H groups in total. The van der Waals surface area contributed by atoms with Crippen LogP contribution in [0.2, 0.25) is 5.54 Å². The van der Waals surface area contributed by atoms with Crippen LogP contribution in [0.3, 0.4) is 0 Å². The van der Waals surface area contributed by atoms with Crippen LogP contribution in [-0.2, 0) is 16.0 Å². The molecule has 0 unspecified atom stereocenters.